The number of carbonyl (C=O) groups excluding carboxylic acids is 3. The van der Waals surface area contributed by atoms with Gasteiger partial charge in [-0.2, -0.15) is 4.72 Å². The summed E-state index contributed by atoms with van der Waals surface area (Å²) in [6.07, 6.45) is 1.63. The summed E-state index contributed by atoms with van der Waals surface area (Å²) >= 11 is 0. The molecule has 48 heavy (non-hydrogen) atoms. The molecule has 0 spiro atoms. The van der Waals surface area contributed by atoms with Gasteiger partial charge in [-0.05, 0) is 85.3 Å². The quantitative estimate of drug-likeness (QED) is 0.128. The molecule has 4 aromatic rings. The van der Waals surface area contributed by atoms with Gasteiger partial charge in [-0.25, -0.2) is 8.42 Å². The summed E-state index contributed by atoms with van der Waals surface area (Å²) in [5, 5.41) is 15.3. The number of aromatic hydroxyl groups is 1. The van der Waals surface area contributed by atoms with Crippen molar-refractivity contribution in [3.8, 4) is 11.5 Å². The number of Topliss-reactive ketones (excluding diaryl/α,β-unsaturated/α-hetero) is 1. The fraction of sp³-hybridized carbons (Fsp3) is 0.306. The van der Waals surface area contributed by atoms with E-state index >= 15 is 0 Å². The zero-order valence-electron chi connectivity index (χ0n) is 27.3. The van der Waals surface area contributed by atoms with E-state index < -0.39 is 45.7 Å². The third-order valence-electron chi connectivity index (χ3n) is 7.66. The molecule has 1 aromatic heterocycles. The Morgan fingerprint density at radius 3 is 1.92 bits per heavy atom. The zero-order valence-corrected chi connectivity index (χ0v) is 28.1. The van der Waals surface area contributed by atoms with Crippen LogP contribution in [0, 0.1) is 12.8 Å². The number of benzene rings is 3. The molecule has 3 unspecified atom stereocenters. The number of nitrogens with one attached hydrogen (secondary N) is 3. The summed E-state index contributed by atoms with van der Waals surface area (Å²) in [6.45, 7) is 5.65. The lowest BCUT2D eigenvalue weighted by molar-refractivity contribution is -0.130. The van der Waals surface area contributed by atoms with Crippen molar-refractivity contribution in [1.29, 1.82) is 0 Å². The maximum Gasteiger partial charge on any atom is 0.243 e. The number of amides is 2. The van der Waals surface area contributed by atoms with Crippen LogP contribution in [0.5, 0.6) is 11.5 Å². The lowest BCUT2D eigenvalue weighted by Gasteiger charge is -2.26. The van der Waals surface area contributed by atoms with Crippen LogP contribution in [0.4, 0.5) is 0 Å². The van der Waals surface area contributed by atoms with Gasteiger partial charge in [0.1, 0.15) is 23.6 Å². The van der Waals surface area contributed by atoms with E-state index in [1.807, 2.05) is 20.8 Å². The Hall–Kier alpha value is -4.94. The van der Waals surface area contributed by atoms with Crippen LogP contribution in [0.3, 0.4) is 0 Å². The number of phenolic OH excluding ortho intramolecular Hbond substituents is 1. The second kappa shape index (κ2) is 16.2. The molecule has 0 aliphatic carbocycles. The average Bonchev–Trinajstić information content (AvgIpc) is 3.60. The third kappa shape index (κ3) is 10.0. The topological polar surface area (TPSA) is 164 Å². The van der Waals surface area contributed by atoms with E-state index in [4.69, 9.17) is 9.15 Å². The predicted octanol–water partition coefficient (Wildman–Crippen LogP) is 4.33. The van der Waals surface area contributed by atoms with Crippen LogP contribution in [0.25, 0.3) is 0 Å². The number of aryl methyl sites for hydroxylation is 1. The van der Waals surface area contributed by atoms with Gasteiger partial charge in [-0.3, -0.25) is 14.4 Å². The number of furan rings is 1. The highest BCUT2D eigenvalue weighted by Gasteiger charge is 2.32. The van der Waals surface area contributed by atoms with E-state index in [0.717, 1.165) is 5.56 Å². The fourth-order valence-corrected chi connectivity index (χ4v) is 6.27. The number of hydrogen-bond acceptors (Lipinski definition) is 8. The summed E-state index contributed by atoms with van der Waals surface area (Å²) in [5.41, 5.74) is 2.12. The van der Waals surface area contributed by atoms with E-state index in [1.165, 1.54) is 43.7 Å². The smallest absolute Gasteiger partial charge is 0.243 e. The van der Waals surface area contributed by atoms with Crippen LogP contribution < -0.4 is 20.1 Å². The van der Waals surface area contributed by atoms with Crippen molar-refractivity contribution in [2.75, 3.05) is 7.11 Å². The maximum atomic E-state index is 14.0. The molecule has 4 N–H and O–H groups in total. The molecular weight excluding hydrogens is 634 g/mol. The number of phenols is 1. The van der Waals surface area contributed by atoms with Gasteiger partial charge in [-0.15, -0.1) is 0 Å². The fourth-order valence-electron chi connectivity index (χ4n) is 5.07. The normalized spacial score (nSPS) is 13.4. The Kier molecular flexibility index (Phi) is 12.2. The average molecular weight is 676 g/mol. The molecule has 0 aliphatic rings. The minimum absolute atomic E-state index is 0.0127. The molecule has 0 saturated heterocycles. The number of methoxy groups -OCH3 is 1. The first-order chi connectivity index (χ1) is 22.8. The molecule has 0 bridgehead atoms. The van der Waals surface area contributed by atoms with Gasteiger partial charge in [0.05, 0.1) is 24.3 Å². The number of ether oxygens (including phenoxy) is 1. The third-order valence-corrected chi connectivity index (χ3v) is 9.14. The molecule has 0 fully saturated rings. The lowest BCUT2D eigenvalue weighted by Crippen LogP contribution is -2.57. The molecule has 0 saturated carbocycles. The molecular formula is C36H41N3O8S. The highest BCUT2D eigenvalue weighted by atomic mass is 32.2. The molecule has 254 valence electrons. The monoisotopic (exact) mass is 675 g/mol. The second-order valence-corrected chi connectivity index (χ2v) is 13.7. The Morgan fingerprint density at radius 1 is 0.792 bits per heavy atom. The minimum atomic E-state index is -4.16. The largest absolute Gasteiger partial charge is 0.508 e. The number of ketones is 1. The number of sulfonamides is 1. The molecule has 2 amide bonds. The first-order valence-corrected chi connectivity index (χ1v) is 17.0. The summed E-state index contributed by atoms with van der Waals surface area (Å²) in [5.74, 6) is -1.08. The van der Waals surface area contributed by atoms with Crippen LogP contribution in [-0.4, -0.2) is 56.4 Å². The predicted molar refractivity (Wildman–Crippen MR) is 180 cm³/mol. The molecule has 3 aromatic carbocycles. The Bertz CT molecular complexity index is 1770. The SMILES string of the molecule is COc1ccc(CC(NS(=O)(=O)c2ccc(C)cc2)C(=O)NC(Cc2ccc(O)cc2)C(=O)NC(CC(C)C)C(=O)c2ccco2)cc1. The van der Waals surface area contributed by atoms with Crippen molar-refractivity contribution in [3.05, 3.63) is 114 Å². The summed E-state index contributed by atoms with van der Waals surface area (Å²) < 4.78 is 40.0. The van der Waals surface area contributed by atoms with Crippen molar-refractivity contribution in [2.24, 2.45) is 5.92 Å². The van der Waals surface area contributed by atoms with Crippen molar-refractivity contribution < 1.29 is 37.1 Å². The van der Waals surface area contributed by atoms with Gasteiger partial charge in [0.2, 0.25) is 27.6 Å². The van der Waals surface area contributed by atoms with E-state index in [0.29, 0.717) is 23.3 Å². The van der Waals surface area contributed by atoms with Gasteiger partial charge < -0.3 is 24.9 Å². The van der Waals surface area contributed by atoms with Crippen LogP contribution in [0.2, 0.25) is 0 Å². The Labute approximate surface area is 280 Å². The van der Waals surface area contributed by atoms with Crippen LogP contribution in [0.15, 0.2) is 101 Å². The van der Waals surface area contributed by atoms with E-state index in [2.05, 4.69) is 15.4 Å². The molecule has 4 rings (SSSR count). The van der Waals surface area contributed by atoms with Gasteiger partial charge in [0, 0.05) is 6.42 Å². The summed E-state index contributed by atoms with van der Waals surface area (Å²) in [4.78, 5) is 41.2. The van der Waals surface area contributed by atoms with E-state index in [9.17, 15) is 27.9 Å². The standard InChI is InChI=1S/C36H41N3O8S/c1-23(2)20-30(34(41)33-6-5-19-47-33)37-35(42)31(21-25-9-13-27(40)14-10-25)38-36(43)32(22-26-11-15-28(46-4)16-12-26)39-48(44,45)29-17-7-24(3)8-18-29/h5-19,23,30-32,39-40H,20-22H2,1-4H3,(H,37,42)(H,38,43). The molecule has 0 radical (unpaired) electrons. The van der Waals surface area contributed by atoms with Crippen LogP contribution >= 0.6 is 0 Å². The number of rotatable bonds is 16. The first kappa shape index (κ1) is 35.9. The van der Waals surface area contributed by atoms with Crippen molar-refractivity contribution in [2.45, 2.75) is 63.1 Å². The van der Waals surface area contributed by atoms with Crippen molar-refractivity contribution in [1.82, 2.24) is 15.4 Å². The number of carbonyl (C=O) groups is 3. The van der Waals surface area contributed by atoms with E-state index in [-0.39, 0.29) is 35.2 Å². The van der Waals surface area contributed by atoms with Gasteiger partial charge in [0.15, 0.2) is 5.76 Å². The summed E-state index contributed by atoms with van der Waals surface area (Å²) in [7, 11) is -2.64. The van der Waals surface area contributed by atoms with Gasteiger partial charge in [0.25, 0.3) is 0 Å². The molecule has 0 aliphatic heterocycles. The Morgan fingerprint density at radius 2 is 1.35 bits per heavy atom. The molecule has 3 atom stereocenters. The van der Waals surface area contributed by atoms with Gasteiger partial charge in [-0.1, -0.05) is 55.8 Å². The molecule has 12 heteroatoms. The second-order valence-electron chi connectivity index (χ2n) is 12.0. The van der Waals surface area contributed by atoms with E-state index in [1.54, 1.807) is 54.6 Å². The minimum Gasteiger partial charge on any atom is -0.508 e. The molecule has 1 heterocycles. The highest BCUT2D eigenvalue weighted by molar-refractivity contribution is 7.89. The van der Waals surface area contributed by atoms with Crippen molar-refractivity contribution >= 4 is 27.6 Å². The van der Waals surface area contributed by atoms with Crippen molar-refractivity contribution in [3.63, 3.8) is 0 Å². The van der Waals surface area contributed by atoms with Gasteiger partial charge >= 0.3 is 0 Å². The highest BCUT2D eigenvalue weighted by Crippen LogP contribution is 2.18. The zero-order chi connectivity index (χ0) is 34.8. The molecule has 11 nitrogen and oxygen atoms in total. The lowest BCUT2D eigenvalue weighted by atomic mass is 9.97. The first-order valence-electron chi connectivity index (χ1n) is 15.5. The summed E-state index contributed by atoms with van der Waals surface area (Å²) in [6, 6.07) is 18.8. The number of hydrogen-bond donors (Lipinski definition) is 4. The Balaban J connectivity index is 1.65. The van der Waals surface area contributed by atoms with Crippen LogP contribution in [0.1, 0.15) is 47.5 Å². The maximum absolute atomic E-state index is 14.0. The van der Waals surface area contributed by atoms with Crippen LogP contribution in [-0.2, 0) is 32.5 Å².